The number of primary amides is 1. The van der Waals surface area contributed by atoms with Gasteiger partial charge in [0.25, 0.3) is 0 Å². The number of methoxy groups -OCH3 is 2. The highest BCUT2D eigenvalue weighted by Crippen LogP contribution is 2.42. The van der Waals surface area contributed by atoms with Crippen molar-refractivity contribution >= 4 is 17.7 Å². The standard InChI is InChI=1S/C29H43N3O6/c1-19-17-21(18-23(36-2)25(19)37-3)24(20-9-5-4-6-10-20)27(34)32-14-8-7-11-22(32)26(33)31-29(28(30)35)12-15-38-16-13-29/h17-18,20,22,24H,4-16H2,1-3H3,(H2,30,35)(H,31,33)/t22-,24-/m0/s1. The monoisotopic (exact) mass is 529 g/mol. The zero-order valence-electron chi connectivity index (χ0n) is 23.1. The second-order valence-corrected chi connectivity index (χ2v) is 11.0. The number of hydrogen-bond donors (Lipinski definition) is 2. The lowest BCUT2D eigenvalue weighted by molar-refractivity contribution is -0.147. The second kappa shape index (κ2) is 12.4. The number of rotatable bonds is 8. The Hall–Kier alpha value is -2.81. The first-order valence-electron chi connectivity index (χ1n) is 14.0. The van der Waals surface area contributed by atoms with Crippen LogP contribution in [0.15, 0.2) is 12.1 Å². The molecule has 1 aromatic carbocycles. The molecule has 2 heterocycles. The Morgan fingerprint density at radius 2 is 1.71 bits per heavy atom. The van der Waals surface area contributed by atoms with Gasteiger partial charge >= 0.3 is 0 Å². The Morgan fingerprint density at radius 1 is 1.03 bits per heavy atom. The molecule has 3 N–H and O–H groups in total. The van der Waals surface area contributed by atoms with Crippen LogP contribution in [-0.2, 0) is 19.1 Å². The third-order valence-electron chi connectivity index (χ3n) is 8.70. The molecular formula is C29H43N3O6. The van der Waals surface area contributed by atoms with E-state index < -0.39 is 17.5 Å². The van der Waals surface area contributed by atoms with Crippen LogP contribution in [0.3, 0.4) is 0 Å². The van der Waals surface area contributed by atoms with Gasteiger partial charge in [-0.3, -0.25) is 14.4 Å². The van der Waals surface area contributed by atoms with Crippen LogP contribution in [0.25, 0.3) is 0 Å². The van der Waals surface area contributed by atoms with E-state index in [1.807, 2.05) is 19.1 Å². The molecule has 2 atom stereocenters. The third-order valence-corrected chi connectivity index (χ3v) is 8.70. The molecule has 3 amide bonds. The van der Waals surface area contributed by atoms with E-state index in [4.69, 9.17) is 19.9 Å². The molecule has 0 radical (unpaired) electrons. The van der Waals surface area contributed by atoms with Crippen LogP contribution >= 0.6 is 0 Å². The molecule has 9 heteroatoms. The number of benzene rings is 1. The molecule has 0 spiro atoms. The van der Waals surface area contributed by atoms with Crippen molar-refractivity contribution in [3.63, 3.8) is 0 Å². The van der Waals surface area contributed by atoms with Crippen LogP contribution in [0.5, 0.6) is 11.5 Å². The van der Waals surface area contributed by atoms with Crippen LogP contribution in [0.1, 0.15) is 81.3 Å². The van der Waals surface area contributed by atoms with Crippen LogP contribution in [0.2, 0.25) is 0 Å². The number of aryl methyl sites for hydroxylation is 1. The summed E-state index contributed by atoms with van der Waals surface area (Å²) in [5.41, 5.74) is 6.43. The number of nitrogens with two attached hydrogens (primary N) is 1. The van der Waals surface area contributed by atoms with E-state index in [-0.39, 0.29) is 23.7 Å². The SMILES string of the molecule is COc1cc([C@@H](C(=O)N2CCCC[C@H]2C(=O)NC2(C(N)=O)CCOCC2)C2CCCCC2)cc(C)c1OC. The van der Waals surface area contributed by atoms with E-state index in [2.05, 4.69) is 5.32 Å². The van der Waals surface area contributed by atoms with E-state index >= 15 is 0 Å². The normalized spacial score (nSPS) is 22.8. The molecule has 9 nitrogen and oxygen atoms in total. The smallest absolute Gasteiger partial charge is 0.243 e. The maximum absolute atomic E-state index is 14.4. The van der Waals surface area contributed by atoms with Crippen molar-refractivity contribution in [1.29, 1.82) is 0 Å². The largest absolute Gasteiger partial charge is 0.493 e. The zero-order valence-corrected chi connectivity index (χ0v) is 23.1. The average Bonchev–Trinajstić information content (AvgIpc) is 2.93. The number of hydrogen-bond acceptors (Lipinski definition) is 6. The first-order chi connectivity index (χ1) is 18.3. The molecule has 210 valence electrons. The lowest BCUT2D eigenvalue weighted by Gasteiger charge is -2.42. The Kier molecular flexibility index (Phi) is 9.18. The molecule has 4 rings (SSSR count). The molecule has 0 aromatic heterocycles. The van der Waals surface area contributed by atoms with Crippen LogP contribution in [0, 0.1) is 12.8 Å². The summed E-state index contributed by atoms with van der Waals surface area (Å²) in [5.74, 6) is 0.195. The average molecular weight is 530 g/mol. The van der Waals surface area contributed by atoms with E-state index in [0.29, 0.717) is 50.5 Å². The lowest BCUT2D eigenvalue weighted by Crippen LogP contribution is -2.64. The van der Waals surface area contributed by atoms with Crippen molar-refractivity contribution in [3.8, 4) is 11.5 Å². The first-order valence-corrected chi connectivity index (χ1v) is 14.0. The summed E-state index contributed by atoms with van der Waals surface area (Å²) in [4.78, 5) is 42.3. The molecule has 38 heavy (non-hydrogen) atoms. The predicted octanol–water partition coefficient (Wildman–Crippen LogP) is 3.21. The van der Waals surface area contributed by atoms with Gasteiger partial charge in [-0.05, 0) is 62.1 Å². The van der Waals surface area contributed by atoms with Crippen molar-refractivity contribution in [1.82, 2.24) is 10.2 Å². The highest BCUT2D eigenvalue weighted by atomic mass is 16.5. The number of nitrogens with one attached hydrogen (secondary N) is 1. The minimum Gasteiger partial charge on any atom is -0.493 e. The number of nitrogens with zero attached hydrogens (tertiary/aromatic N) is 1. The molecule has 1 aromatic rings. The maximum atomic E-state index is 14.4. The van der Waals surface area contributed by atoms with Gasteiger partial charge in [-0.2, -0.15) is 0 Å². The van der Waals surface area contributed by atoms with E-state index in [0.717, 1.165) is 49.7 Å². The lowest BCUT2D eigenvalue weighted by atomic mass is 9.75. The molecule has 2 saturated heterocycles. The highest BCUT2D eigenvalue weighted by Gasteiger charge is 2.44. The molecule has 1 aliphatic carbocycles. The Balaban J connectivity index is 1.66. The van der Waals surface area contributed by atoms with Crippen LogP contribution < -0.4 is 20.5 Å². The predicted molar refractivity (Wildman–Crippen MR) is 143 cm³/mol. The fourth-order valence-electron chi connectivity index (χ4n) is 6.56. The Labute approximate surface area is 225 Å². The van der Waals surface area contributed by atoms with Crippen LogP contribution in [-0.4, -0.2) is 68.2 Å². The molecule has 2 aliphatic heterocycles. The van der Waals surface area contributed by atoms with Gasteiger partial charge in [-0.25, -0.2) is 0 Å². The van der Waals surface area contributed by atoms with E-state index in [1.54, 1.807) is 19.1 Å². The molecule has 0 bridgehead atoms. The zero-order chi connectivity index (χ0) is 27.3. The van der Waals surface area contributed by atoms with E-state index in [9.17, 15) is 14.4 Å². The van der Waals surface area contributed by atoms with Gasteiger partial charge in [0.15, 0.2) is 11.5 Å². The summed E-state index contributed by atoms with van der Waals surface area (Å²) in [6.45, 7) is 3.19. The van der Waals surface area contributed by atoms with Crippen molar-refractivity contribution < 1.29 is 28.6 Å². The quantitative estimate of drug-likeness (QED) is 0.534. The van der Waals surface area contributed by atoms with Crippen LogP contribution in [0.4, 0.5) is 0 Å². The fourth-order valence-corrected chi connectivity index (χ4v) is 6.56. The number of amides is 3. The summed E-state index contributed by atoms with van der Waals surface area (Å²) in [6, 6.07) is 3.32. The van der Waals surface area contributed by atoms with Gasteiger partial charge in [0, 0.05) is 32.6 Å². The van der Waals surface area contributed by atoms with Gasteiger partial charge in [0.05, 0.1) is 20.1 Å². The second-order valence-electron chi connectivity index (χ2n) is 11.0. The summed E-state index contributed by atoms with van der Waals surface area (Å²) in [7, 11) is 3.22. The van der Waals surface area contributed by atoms with Crippen molar-refractivity contribution in [2.75, 3.05) is 34.0 Å². The molecule has 1 saturated carbocycles. The Bertz CT molecular complexity index is 1020. The van der Waals surface area contributed by atoms with Crippen molar-refractivity contribution in [2.24, 2.45) is 11.7 Å². The summed E-state index contributed by atoms with van der Waals surface area (Å²) < 4.78 is 16.6. The fraction of sp³-hybridized carbons (Fsp3) is 0.690. The number of carbonyl (C=O) groups is 3. The third kappa shape index (κ3) is 5.77. The first kappa shape index (κ1) is 28.2. The van der Waals surface area contributed by atoms with Gasteiger partial charge in [-0.1, -0.05) is 25.3 Å². The van der Waals surface area contributed by atoms with Gasteiger partial charge in [-0.15, -0.1) is 0 Å². The summed E-state index contributed by atoms with van der Waals surface area (Å²) in [6.07, 6.45) is 8.22. The van der Waals surface area contributed by atoms with Gasteiger partial charge in [0.2, 0.25) is 17.7 Å². The number of piperidine rings is 1. The van der Waals surface area contributed by atoms with E-state index in [1.165, 1.54) is 6.42 Å². The van der Waals surface area contributed by atoms with Crippen molar-refractivity contribution in [2.45, 2.75) is 88.6 Å². The molecule has 3 aliphatic rings. The minimum atomic E-state index is -1.13. The summed E-state index contributed by atoms with van der Waals surface area (Å²) >= 11 is 0. The molecular weight excluding hydrogens is 486 g/mol. The van der Waals surface area contributed by atoms with Gasteiger partial charge in [0.1, 0.15) is 11.6 Å². The minimum absolute atomic E-state index is 0.0246. The molecule has 3 fully saturated rings. The number of ether oxygens (including phenoxy) is 3. The topological polar surface area (TPSA) is 120 Å². The number of likely N-dealkylation sites (tertiary alicyclic amines) is 1. The van der Waals surface area contributed by atoms with Crippen molar-refractivity contribution in [3.05, 3.63) is 23.3 Å². The maximum Gasteiger partial charge on any atom is 0.243 e. The van der Waals surface area contributed by atoms with Gasteiger partial charge < -0.3 is 30.2 Å². The summed E-state index contributed by atoms with van der Waals surface area (Å²) in [5, 5.41) is 2.96. The highest BCUT2D eigenvalue weighted by molar-refractivity contribution is 5.95. The number of carbonyl (C=O) groups excluding carboxylic acids is 3. The Morgan fingerprint density at radius 3 is 2.34 bits per heavy atom. The molecule has 0 unspecified atom stereocenters.